The zero-order chi connectivity index (χ0) is 13.6. The highest BCUT2D eigenvalue weighted by Gasteiger charge is 2.41. The van der Waals surface area contributed by atoms with E-state index in [4.69, 9.17) is 0 Å². The van der Waals surface area contributed by atoms with Crippen LogP contribution >= 0.6 is 0 Å². The van der Waals surface area contributed by atoms with Gasteiger partial charge in [0.15, 0.2) is 0 Å². The fourth-order valence-corrected chi connectivity index (χ4v) is 4.51. The minimum atomic E-state index is 0.762. The number of fused-ring (bicyclic) bond motifs is 4. The van der Waals surface area contributed by atoms with E-state index in [0.29, 0.717) is 0 Å². The van der Waals surface area contributed by atoms with Crippen LogP contribution in [0.3, 0.4) is 0 Å². The van der Waals surface area contributed by atoms with Crippen molar-refractivity contribution in [2.45, 2.75) is 12.3 Å². The number of benzene rings is 4. The average molecular weight is 266 g/mol. The van der Waals surface area contributed by atoms with Crippen molar-refractivity contribution in [1.82, 2.24) is 0 Å². The fraction of sp³-hybridized carbons (Fsp3) is 0.143. The highest BCUT2D eigenvalue weighted by Crippen LogP contribution is 2.55. The zero-order valence-corrected chi connectivity index (χ0v) is 11.6. The lowest BCUT2D eigenvalue weighted by molar-refractivity contribution is 1.06. The van der Waals surface area contributed by atoms with Gasteiger partial charge in [0.2, 0.25) is 0 Å². The minimum absolute atomic E-state index is 0.762. The van der Waals surface area contributed by atoms with Crippen LogP contribution in [0.25, 0.3) is 38.4 Å². The highest BCUT2D eigenvalue weighted by molar-refractivity contribution is 6.23. The van der Waals surface area contributed by atoms with Crippen LogP contribution < -0.4 is 5.22 Å². The van der Waals surface area contributed by atoms with Gasteiger partial charge in [-0.15, -0.1) is 0 Å². The second kappa shape index (κ2) is 3.28. The second-order valence-corrected chi connectivity index (χ2v) is 6.57. The van der Waals surface area contributed by atoms with Gasteiger partial charge in [-0.3, -0.25) is 0 Å². The van der Waals surface area contributed by atoms with Gasteiger partial charge in [0.25, 0.3) is 0 Å². The maximum Gasteiger partial charge on any atom is -0.00295 e. The van der Waals surface area contributed by atoms with Crippen molar-refractivity contribution in [3.05, 3.63) is 65.4 Å². The summed E-state index contributed by atoms with van der Waals surface area (Å²) < 4.78 is 0. The van der Waals surface area contributed by atoms with Gasteiger partial charge < -0.3 is 0 Å². The van der Waals surface area contributed by atoms with E-state index in [1.807, 2.05) is 0 Å². The normalized spacial score (nSPS) is 22.5. The Morgan fingerprint density at radius 3 is 2.29 bits per heavy atom. The molecule has 4 aromatic rings. The van der Waals surface area contributed by atoms with Crippen molar-refractivity contribution in [1.29, 1.82) is 0 Å². The molecule has 21 heavy (non-hydrogen) atoms. The summed E-state index contributed by atoms with van der Waals surface area (Å²) in [4.78, 5) is 0. The first-order chi connectivity index (χ1) is 10.4. The van der Waals surface area contributed by atoms with Gasteiger partial charge in [0.05, 0.1) is 0 Å². The third-order valence-electron chi connectivity index (χ3n) is 5.46. The molecule has 0 aromatic heterocycles. The van der Waals surface area contributed by atoms with Gasteiger partial charge in [-0.1, -0.05) is 60.7 Å². The molecule has 2 aliphatic rings. The molecule has 1 fully saturated rings. The molecule has 0 nitrogen and oxygen atoms in total. The molecule has 6 rings (SSSR count). The van der Waals surface area contributed by atoms with Crippen molar-refractivity contribution in [2.24, 2.45) is 5.92 Å². The van der Waals surface area contributed by atoms with Crippen molar-refractivity contribution in [2.75, 3.05) is 0 Å². The highest BCUT2D eigenvalue weighted by atomic mass is 14.4. The molecule has 0 N–H and O–H groups in total. The summed E-state index contributed by atoms with van der Waals surface area (Å²) in [7, 11) is 0. The topological polar surface area (TPSA) is 0 Å². The Morgan fingerprint density at radius 2 is 1.43 bits per heavy atom. The first-order valence-corrected chi connectivity index (χ1v) is 7.79. The molecule has 0 saturated heterocycles. The average Bonchev–Trinajstić information content (AvgIpc) is 3.30. The Balaban J connectivity index is 2.08. The lowest BCUT2D eigenvalue weighted by Crippen LogP contribution is -2.09. The molecule has 0 heterocycles. The van der Waals surface area contributed by atoms with E-state index in [1.165, 1.54) is 44.0 Å². The monoisotopic (exact) mass is 266 g/mol. The third kappa shape index (κ3) is 1.14. The van der Waals surface area contributed by atoms with Crippen LogP contribution in [0.15, 0.2) is 54.6 Å². The minimum Gasteiger partial charge on any atom is -0.0729 e. The van der Waals surface area contributed by atoms with Crippen LogP contribution in [0.2, 0.25) is 0 Å². The van der Waals surface area contributed by atoms with Gasteiger partial charge in [0, 0.05) is 0 Å². The van der Waals surface area contributed by atoms with Gasteiger partial charge in [-0.05, 0) is 61.4 Å². The predicted molar refractivity (Wildman–Crippen MR) is 89.5 cm³/mol. The van der Waals surface area contributed by atoms with Crippen LogP contribution in [-0.2, 0) is 0 Å². The maximum absolute atomic E-state index is 2.50. The summed E-state index contributed by atoms with van der Waals surface area (Å²) in [5.41, 5.74) is 1.62. The van der Waals surface area contributed by atoms with Crippen LogP contribution in [0.1, 0.15) is 17.9 Å². The van der Waals surface area contributed by atoms with Gasteiger partial charge in [-0.2, -0.15) is 0 Å². The van der Waals surface area contributed by atoms with E-state index in [0.717, 1.165) is 11.8 Å². The summed E-state index contributed by atoms with van der Waals surface area (Å²) in [6.45, 7) is 0. The molecule has 2 atom stereocenters. The molecule has 98 valence electrons. The number of rotatable bonds is 0. The van der Waals surface area contributed by atoms with E-state index in [2.05, 4.69) is 60.7 Å². The van der Waals surface area contributed by atoms with E-state index in [9.17, 15) is 0 Å². The van der Waals surface area contributed by atoms with Gasteiger partial charge in [-0.25, -0.2) is 0 Å². The summed E-state index contributed by atoms with van der Waals surface area (Å²) in [6, 6.07) is 20.3. The molecule has 0 amide bonds. The summed E-state index contributed by atoms with van der Waals surface area (Å²) in [5.74, 6) is 1.54. The van der Waals surface area contributed by atoms with Gasteiger partial charge >= 0.3 is 0 Å². The predicted octanol–water partition coefficient (Wildman–Crippen LogP) is 4.76. The van der Waals surface area contributed by atoms with E-state index in [1.54, 1.807) is 5.56 Å². The zero-order valence-electron chi connectivity index (χ0n) is 11.6. The Morgan fingerprint density at radius 1 is 0.714 bits per heavy atom. The number of hydrogen-bond donors (Lipinski definition) is 0. The Labute approximate surface area is 122 Å². The standard InChI is InChI=1S/C21H14/c1-4-12-5-2-9-17-19(12)15(7-1)16-8-3-6-13-10-14-11-18(14)21(17)20(13)16/h1-10,14,18H,11H2. The molecular weight excluding hydrogens is 252 g/mol. The Bertz CT molecular complexity index is 1110. The maximum atomic E-state index is 2.50. The molecule has 0 spiro atoms. The quantitative estimate of drug-likeness (QED) is 0.318. The van der Waals surface area contributed by atoms with E-state index >= 15 is 0 Å². The van der Waals surface area contributed by atoms with Crippen molar-refractivity contribution >= 4 is 38.4 Å². The third-order valence-corrected chi connectivity index (χ3v) is 5.46. The summed E-state index contributed by atoms with van der Waals surface area (Å²) in [6.07, 6.45) is 3.84. The van der Waals surface area contributed by atoms with Crippen LogP contribution in [0, 0.1) is 5.92 Å². The smallest absolute Gasteiger partial charge is 0.00295 e. The Hall–Kier alpha value is -2.34. The molecular formula is C21H14. The lowest BCUT2D eigenvalue weighted by Gasteiger charge is -2.18. The SMILES string of the molecule is C1=c2cccc3c2c(c2cccc4cccc3c42)C2CC12. The Kier molecular flexibility index (Phi) is 1.62. The molecule has 0 bridgehead atoms. The van der Waals surface area contributed by atoms with Gasteiger partial charge in [0.1, 0.15) is 0 Å². The molecule has 0 aliphatic heterocycles. The van der Waals surface area contributed by atoms with Crippen molar-refractivity contribution in [3.8, 4) is 0 Å². The lowest BCUT2D eigenvalue weighted by atomic mass is 9.85. The largest absolute Gasteiger partial charge is 0.0729 e. The molecule has 0 radical (unpaired) electrons. The second-order valence-electron chi connectivity index (χ2n) is 6.57. The fourth-order valence-electron chi connectivity index (χ4n) is 4.51. The number of hydrogen-bond acceptors (Lipinski definition) is 0. The molecule has 4 aromatic carbocycles. The molecule has 1 saturated carbocycles. The summed E-state index contributed by atoms with van der Waals surface area (Å²) in [5, 5.41) is 10.1. The van der Waals surface area contributed by atoms with Crippen molar-refractivity contribution in [3.63, 3.8) is 0 Å². The van der Waals surface area contributed by atoms with Crippen molar-refractivity contribution < 1.29 is 0 Å². The molecule has 2 unspecified atom stereocenters. The molecule has 2 aliphatic carbocycles. The van der Waals surface area contributed by atoms with Crippen LogP contribution in [-0.4, -0.2) is 0 Å². The summed E-state index contributed by atoms with van der Waals surface area (Å²) >= 11 is 0. The van der Waals surface area contributed by atoms with E-state index in [-0.39, 0.29) is 0 Å². The van der Waals surface area contributed by atoms with Crippen LogP contribution in [0.5, 0.6) is 0 Å². The molecule has 0 heteroatoms. The first-order valence-electron chi connectivity index (χ1n) is 7.79. The first kappa shape index (κ1) is 10.4. The van der Waals surface area contributed by atoms with Crippen LogP contribution in [0.4, 0.5) is 0 Å². The van der Waals surface area contributed by atoms with E-state index < -0.39 is 0 Å².